The van der Waals surface area contributed by atoms with Gasteiger partial charge in [-0.1, -0.05) is 12.1 Å². The number of ether oxygens (including phenoxy) is 2. The Hall–Kier alpha value is -3.95. The minimum atomic E-state index is -0.700. The van der Waals surface area contributed by atoms with E-state index in [2.05, 4.69) is 10.3 Å². The van der Waals surface area contributed by atoms with Gasteiger partial charge < -0.3 is 19.2 Å². The van der Waals surface area contributed by atoms with Gasteiger partial charge in [0.2, 0.25) is 0 Å². The molecule has 29 heavy (non-hydrogen) atoms. The lowest BCUT2D eigenvalue weighted by atomic mass is 10.2. The number of nitrogens with zero attached hydrogens (tertiary/aromatic N) is 2. The number of nitro groups is 1. The number of oxazole rings is 1. The van der Waals surface area contributed by atoms with Crippen molar-refractivity contribution in [3.05, 3.63) is 58.5 Å². The Bertz CT molecular complexity index is 1030. The summed E-state index contributed by atoms with van der Waals surface area (Å²) in [6.07, 6.45) is 0.196. The molecule has 0 aliphatic carbocycles. The zero-order valence-corrected chi connectivity index (χ0v) is 15.4. The number of hydrogen-bond donors (Lipinski definition) is 1. The SMILES string of the molecule is COc1ccc(NC(=O)COC(=O)CCc2nc3ccccc3o2)c([N+](=O)[O-])c1. The van der Waals surface area contributed by atoms with Crippen molar-refractivity contribution in [2.24, 2.45) is 0 Å². The highest BCUT2D eigenvalue weighted by molar-refractivity contribution is 5.95. The number of aryl methyl sites for hydroxylation is 1. The van der Waals surface area contributed by atoms with Crippen LogP contribution in [0.15, 0.2) is 46.9 Å². The molecule has 10 nitrogen and oxygen atoms in total. The van der Waals surface area contributed by atoms with Crippen LogP contribution in [0.2, 0.25) is 0 Å². The second kappa shape index (κ2) is 8.83. The first-order chi connectivity index (χ1) is 14.0. The van der Waals surface area contributed by atoms with Gasteiger partial charge in [0, 0.05) is 6.42 Å². The van der Waals surface area contributed by atoms with Crippen LogP contribution >= 0.6 is 0 Å². The minimum absolute atomic E-state index is 0.0247. The molecule has 3 aromatic rings. The summed E-state index contributed by atoms with van der Waals surface area (Å²) in [4.78, 5) is 38.5. The van der Waals surface area contributed by atoms with Gasteiger partial charge in [-0.05, 0) is 24.3 Å². The van der Waals surface area contributed by atoms with E-state index in [1.807, 2.05) is 12.1 Å². The number of para-hydroxylation sites is 2. The number of methoxy groups -OCH3 is 1. The van der Waals surface area contributed by atoms with Crippen LogP contribution in [0.4, 0.5) is 11.4 Å². The number of fused-ring (bicyclic) bond motifs is 1. The number of esters is 1. The molecular formula is C19H17N3O7. The summed E-state index contributed by atoms with van der Waals surface area (Å²) < 4.78 is 15.3. The van der Waals surface area contributed by atoms with Gasteiger partial charge in [0.15, 0.2) is 18.1 Å². The molecule has 1 aromatic heterocycles. The van der Waals surface area contributed by atoms with Crippen LogP contribution in [-0.4, -0.2) is 35.5 Å². The molecule has 3 rings (SSSR count). The van der Waals surface area contributed by atoms with Gasteiger partial charge in [0.05, 0.1) is 24.5 Å². The fraction of sp³-hybridized carbons (Fsp3) is 0.211. The van der Waals surface area contributed by atoms with E-state index in [0.717, 1.165) is 0 Å². The molecule has 10 heteroatoms. The zero-order valence-electron chi connectivity index (χ0n) is 15.4. The molecule has 1 N–H and O–H groups in total. The lowest BCUT2D eigenvalue weighted by molar-refractivity contribution is -0.384. The van der Waals surface area contributed by atoms with Crippen LogP contribution in [-0.2, 0) is 20.7 Å². The average Bonchev–Trinajstić information content (AvgIpc) is 3.14. The molecule has 0 unspecified atom stereocenters. The van der Waals surface area contributed by atoms with Crippen molar-refractivity contribution in [3.8, 4) is 5.75 Å². The van der Waals surface area contributed by atoms with Gasteiger partial charge in [-0.2, -0.15) is 0 Å². The van der Waals surface area contributed by atoms with Crippen LogP contribution in [0.1, 0.15) is 12.3 Å². The van der Waals surface area contributed by atoms with Gasteiger partial charge in [0.1, 0.15) is 17.0 Å². The van der Waals surface area contributed by atoms with Crippen molar-refractivity contribution in [2.75, 3.05) is 19.0 Å². The van der Waals surface area contributed by atoms with Crippen molar-refractivity contribution in [2.45, 2.75) is 12.8 Å². The fourth-order valence-electron chi connectivity index (χ4n) is 2.54. The number of carbonyl (C=O) groups is 2. The molecule has 0 saturated heterocycles. The third-order valence-electron chi connectivity index (χ3n) is 3.92. The number of carbonyl (C=O) groups excluding carboxylic acids is 2. The molecule has 0 bridgehead atoms. The van der Waals surface area contributed by atoms with Crippen LogP contribution in [0.3, 0.4) is 0 Å². The molecular weight excluding hydrogens is 382 g/mol. The molecule has 0 atom stereocenters. The molecule has 1 amide bonds. The molecule has 0 spiro atoms. The molecule has 0 saturated carbocycles. The van der Waals surface area contributed by atoms with Crippen LogP contribution in [0, 0.1) is 10.1 Å². The molecule has 0 aliphatic heterocycles. The maximum atomic E-state index is 12.0. The minimum Gasteiger partial charge on any atom is -0.496 e. The van der Waals surface area contributed by atoms with Crippen molar-refractivity contribution in [1.29, 1.82) is 0 Å². The quantitative estimate of drug-likeness (QED) is 0.347. The van der Waals surface area contributed by atoms with Gasteiger partial charge in [0.25, 0.3) is 11.6 Å². The number of hydrogen-bond acceptors (Lipinski definition) is 8. The van der Waals surface area contributed by atoms with Gasteiger partial charge in [-0.15, -0.1) is 0 Å². The molecule has 0 aliphatic rings. The van der Waals surface area contributed by atoms with Gasteiger partial charge >= 0.3 is 5.97 Å². The lowest BCUT2D eigenvalue weighted by Crippen LogP contribution is -2.21. The summed E-state index contributed by atoms with van der Waals surface area (Å²) in [5.74, 6) is -0.651. The summed E-state index contributed by atoms with van der Waals surface area (Å²) in [5.41, 5.74) is 0.955. The van der Waals surface area contributed by atoms with E-state index in [4.69, 9.17) is 13.9 Å². The summed E-state index contributed by atoms with van der Waals surface area (Å²) in [5, 5.41) is 13.5. The summed E-state index contributed by atoms with van der Waals surface area (Å²) >= 11 is 0. The molecule has 150 valence electrons. The Morgan fingerprint density at radius 3 is 2.76 bits per heavy atom. The Balaban J connectivity index is 1.50. The van der Waals surface area contributed by atoms with Crippen molar-refractivity contribution >= 4 is 34.4 Å². The highest BCUT2D eigenvalue weighted by atomic mass is 16.6. The predicted molar refractivity (Wildman–Crippen MR) is 102 cm³/mol. The number of nitrogens with one attached hydrogen (secondary N) is 1. The zero-order chi connectivity index (χ0) is 20.8. The summed E-state index contributed by atoms with van der Waals surface area (Å²) in [6, 6.07) is 11.2. The standard InChI is InChI=1S/C19H17N3O7/c1-27-12-6-7-13(15(10-12)22(25)26)20-17(23)11-28-19(24)9-8-18-21-14-4-2-3-5-16(14)29-18/h2-7,10H,8-9,11H2,1H3,(H,20,23). The Morgan fingerprint density at radius 2 is 2.03 bits per heavy atom. The molecule has 1 heterocycles. The van der Waals surface area contributed by atoms with E-state index in [1.54, 1.807) is 12.1 Å². The Labute approximate surface area is 164 Å². The maximum absolute atomic E-state index is 12.0. The van der Waals surface area contributed by atoms with E-state index in [9.17, 15) is 19.7 Å². The highest BCUT2D eigenvalue weighted by Gasteiger charge is 2.18. The van der Waals surface area contributed by atoms with E-state index in [-0.39, 0.29) is 30.0 Å². The summed E-state index contributed by atoms with van der Waals surface area (Å²) in [7, 11) is 1.37. The normalized spacial score (nSPS) is 10.5. The van der Waals surface area contributed by atoms with Crippen LogP contribution in [0.5, 0.6) is 5.75 Å². The molecule has 0 fully saturated rings. The van der Waals surface area contributed by atoms with E-state index >= 15 is 0 Å². The second-order valence-electron chi connectivity index (χ2n) is 5.92. The number of amides is 1. The van der Waals surface area contributed by atoms with E-state index in [0.29, 0.717) is 17.0 Å². The third kappa shape index (κ3) is 5.06. The van der Waals surface area contributed by atoms with E-state index in [1.165, 1.54) is 25.3 Å². The van der Waals surface area contributed by atoms with Gasteiger partial charge in [-0.3, -0.25) is 19.7 Å². The number of anilines is 1. The number of benzene rings is 2. The highest BCUT2D eigenvalue weighted by Crippen LogP contribution is 2.28. The maximum Gasteiger partial charge on any atom is 0.306 e. The first-order valence-electron chi connectivity index (χ1n) is 8.58. The Morgan fingerprint density at radius 1 is 1.24 bits per heavy atom. The number of nitro benzene ring substituents is 1. The first-order valence-corrected chi connectivity index (χ1v) is 8.58. The fourth-order valence-corrected chi connectivity index (χ4v) is 2.54. The summed E-state index contributed by atoms with van der Waals surface area (Å²) in [6.45, 7) is -0.574. The van der Waals surface area contributed by atoms with Crippen molar-refractivity contribution < 1.29 is 28.4 Å². The Kier molecular flexibility index (Phi) is 6.03. The van der Waals surface area contributed by atoms with Gasteiger partial charge in [-0.25, -0.2) is 4.98 Å². The van der Waals surface area contributed by atoms with Crippen LogP contribution < -0.4 is 10.1 Å². The molecule has 2 aromatic carbocycles. The van der Waals surface area contributed by atoms with Crippen LogP contribution in [0.25, 0.3) is 11.1 Å². The second-order valence-corrected chi connectivity index (χ2v) is 5.92. The number of aromatic nitrogens is 1. The molecule has 0 radical (unpaired) electrons. The predicted octanol–water partition coefficient (Wildman–Crippen LogP) is 2.86. The largest absolute Gasteiger partial charge is 0.496 e. The first kappa shape index (κ1) is 19.8. The third-order valence-corrected chi connectivity index (χ3v) is 3.92. The van der Waals surface area contributed by atoms with Crippen molar-refractivity contribution in [1.82, 2.24) is 4.98 Å². The van der Waals surface area contributed by atoms with E-state index < -0.39 is 23.4 Å². The lowest BCUT2D eigenvalue weighted by Gasteiger charge is -2.08. The van der Waals surface area contributed by atoms with Crippen molar-refractivity contribution in [3.63, 3.8) is 0 Å². The average molecular weight is 399 g/mol. The monoisotopic (exact) mass is 399 g/mol. The smallest absolute Gasteiger partial charge is 0.306 e. The number of rotatable bonds is 8. The topological polar surface area (TPSA) is 134 Å².